The quantitative estimate of drug-likeness (QED) is 0.0432. The summed E-state index contributed by atoms with van der Waals surface area (Å²) in [6.45, 7) is 4.48. The van der Waals surface area contributed by atoms with Crippen LogP contribution in [-0.4, -0.2) is 0 Å². The molecule has 4 N–H and O–H groups in total. The topological polar surface area (TPSA) is 52.0 Å². The van der Waals surface area contributed by atoms with E-state index in [1.54, 1.807) is 0 Å². The molecule has 0 atom stereocenters. The fraction of sp³-hybridized carbons (Fsp3) is 0.538. The Bertz CT molecular complexity index is 1430. The average molecular weight is 729 g/mol. The largest absolute Gasteiger partial charge is 0.399 e. The van der Waals surface area contributed by atoms with E-state index in [0.717, 1.165) is 49.9 Å². The lowest BCUT2D eigenvalue weighted by atomic mass is 9.95. The van der Waals surface area contributed by atoms with Crippen molar-refractivity contribution in [2.24, 2.45) is 0 Å². The van der Waals surface area contributed by atoms with Crippen molar-refractivity contribution in [1.29, 1.82) is 0 Å². The van der Waals surface area contributed by atoms with E-state index in [1.807, 2.05) is 12.1 Å². The lowest BCUT2D eigenvalue weighted by Gasteiger charge is -2.11. The van der Waals surface area contributed by atoms with Gasteiger partial charge in [-0.1, -0.05) is 190 Å². The molecule has 4 aromatic rings. The summed E-state index contributed by atoms with van der Waals surface area (Å²) in [5.74, 6) is 0. The molecule has 4 rings (SSSR count). The van der Waals surface area contributed by atoms with Gasteiger partial charge in [0, 0.05) is 11.4 Å². The number of hydrogen-bond donors (Lipinski definition) is 2. The van der Waals surface area contributed by atoms with Crippen LogP contribution >= 0.6 is 0 Å². The molecular formula is C52H76N2. The third-order valence-electron chi connectivity index (χ3n) is 11.5. The minimum Gasteiger partial charge on any atom is -0.399 e. The zero-order chi connectivity index (χ0) is 38.1. The number of nitrogen functional groups attached to an aromatic ring is 2. The molecule has 294 valence electrons. The summed E-state index contributed by atoms with van der Waals surface area (Å²) >= 11 is 0. The van der Waals surface area contributed by atoms with Crippen molar-refractivity contribution in [3.05, 3.63) is 129 Å². The monoisotopic (exact) mass is 729 g/mol. The van der Waals surface area contributed by atoms with E-state index in [4.69, 9.17) is 11.5 Å². The van der Waals surface area contributed by atoms with Gasteiger partial charge >= 0.3 is 0 Å². The van der Waals surface area contributed by atoms with E-state index >= 15 is 0 Å². The van der Waals surface area contributed by atoms with Crippen LogP contribution in [-0.2, 0) is 38.5 Å². The van der Waals surface area contributed by atoms with Crippen molar-refractivity contribution in [3.8, 4) is 0 Å². The van der Waals surface area contributed by atoms with Gasteiger partial charge in [0.25, 0.3) is 0 Å². The maximum absolute atomic E-state index is 6.04. The van der Waals surface area contributed by atoms with Crippen molar-refractivity contribution < 1.29 is 0 Å². The van der Waals surface area contributed by atoms with Crippen LogP contribution in [0.15, 0.2) is 84.9 Å². The molecule has 0 unspecified atom stereocenters. The maximum atomic E-state index is 6.04. The molecule has 0 saturated carbocycles. The first kappa shape index (κ1) is 43.2. The zero-order valence-corrected chi connectivity index (χ0v) is 34.6. The second-order valence-electron chi connectivity index (χ2n) is 16.4. The Morgan fingerprint density at radius 1 is 0.296 bits per heavy atom. The highest BCUT2D eigenvalue weighted by atomic mass is 14.5. The molecule has 0 saturated heterocycles. The second-order valence-corrected chi connectivity index (χ2v) is 16.4. The van der Waals surface area contributed by atoms with E-state index in [0.29, 0.717) is 0 Å². The van der Waals surface area contributed by atoms with Gasteiger partial charge in [-0.25, -0.2) is 0 Å². The Kier molecular flexibility index (Phi) is 21.1. The van der Waals surface area contributed by atoms with E-state index in [1.165, 1.54) is 173 Å². The molecule has 0 spiro atoms. The number of anilines is 2. The van der Waals surface area contributed by atoms with Crippen LogP contribution in [0.3, 0.4) is 0 Å². The van der Waals surface area contributed by atoms with Gasteiger partial charge in [0.05, 0.1) is 0 Å². The molecule has 0 bridgehead atoms. The number of rotatable bonds is 29. The summed E-state index contributed by atoms with van der Waals surface area (Å²) < 4.78 is 0. The van der Waals surface area contributed by atoms with E-state index < -0.39 is 0 Å². The molecule has 0 aliphatic rings. The Hall–Kier alpha value is -3.52. The van der Waals surface area contributed by atoms with Gasteiger partial charge in [0.15, 0.2) is 0 Å². The highest BCUT2D eigenvalue weighted by Crippen LogP contribution is 2.22. The van der Waals surface area contributed by atoms with Crippen LogP contribution in [0.25, 0.3) is 0 Å². The van der Waals surface area contributed by atoms with E-state index in [2.05, 4.69) is 86.6 Å². The molecule has 4 aromatic carbocycles. The Labute approximate surface area is 332 Å². The lowest BCUT2D eigenvalue weighted by Crippen LogP contribution is -1.98. The van der Waals surface area contributed by atoms with Crippen LogP contribution in [0.4, 0.5) is 11.4 Å². The van der Waals surface area contributed by atoms with Crippen LogP contribution in [0, 0.1) is 0 Å². The average Bonchev–Trinajstić information content (AvgIpc) is 3.17. The first-order valence-electron chi connectivity index (χ1n) is 22.4. The van der Waals surface area contributed by atoms with Crippen molar-refractivity contribution in [1.82, 2.24) is 0 Å². The molecular weight excluding hydrogens is 653 g/mol. The van der Waals surface area contributed by atoms with Crippen molar-refractivity contribution in [3.63, 3.8) is 0 Å². The molecule has 0 heterocycles. The van der Waals surface area contributed by atoms with Gasteiger partial charge in [-0.3, -0.25) is 0 Å². The van der Waals surface area contributed by atoms with E-state index in [9.17, 15) is 0 Å². The van der Waals surface area contributed by atoms with Gasteiger partial charge in [-0.05, 0) is 120 Å². The Morgan fingerprint density at radius 3 is 0.870 bits per heavy atom. The standard InChI is InChI=1S/C52H76N2/c1-3-23-47-41-51(53)37-35-49(47)39-45-31-27-43(28-32-45)25-21-19-17-15-13-11-9-7-5-6-8-10-12-14-16-18-20-22-26-44-29-33-46(34-30-44)40-50-36-38-52(54)42-48(50)24-4-2/h27-38,41-42H,3-26,39-40,53-54H2,1-2H3. The number of nitrogens with two attached hydrogens (primary N) is 2. The van der Waals surface area contributed by atoms with Crippen molar-refractivity contribution >= 4 is 11.4 Å². The highest BCUT2D eigenvalue weighted by molar-refractivity contribution is 5.47. The van der Waals surface area contributed by atoms with Gasteiger partial charge in [0.2, 0.25) is 0 Å². The summed E-state index contributed by atoms with van der Waals surface area (Å²) in [5.41, 5.74) is 25.3. The third kappa shape index (κ3) is 17.3. The number of hydrogen-bond acceptors (Lipinski definition) is 2. The summed E-state index contributed by atoms with van der Waals surface area (Å²) in [6, 6.07) is 31.6. The molecule has 0 radical (unpaired) electrons. The zero-order valence-electron chi connectivity index (χ0n) is 34.6. The molecule has 0 aliphatic heterocycles. The molecule has 0 fully saturated rings. The Morgan fingerprint density at radius 2 is 0.574 bits per heavy atom. The summed E-state index contributed by atoms with van der Waals surface area (Å²) in [5, 5.41) is 0. The summed E-state index contributed by atoms with van der Waals surface area (Å²) in [4.78, 5) is 0. The highest BCUT2D eigenvalue weighted by Gasteiger charge is 2.07. The van der Waals surface area contributed by atoms with E-state index in [-0.39, 0.29) is 0 Å². The number of aryl methyl sites for hydroxylation is 4. The minimum absolute atomic E-state index is 0.879. The maximum Gasteiger partial charge on any atom is 0.0316 e. The number of benzene rings is 4. The Balaban J connectivity index is 0.889. The minimum atomic E-state index is 0.879. The smallest absolute Gasteiger partial charge is 0.0316 e. The van der Waals surface area contributed by atoms with Gasteiger partial charge in [-0.15, -0.1) is 0 Å². The first-order chi connectivity index (χ1) is 26.5. The fourth-order valence-corrected chi connectivity index (χ4v) is 8.21. The predicted molar refractivity (Wildman–Crippen MR) is 239 cm³/mol. The first-order valence-corrected chi connectivity index (χ1v) is 22.4. The summed E-state index contributed by atoms with van der Waals surface area (Å²) in [7, 11) is 0. The molecule has 54 heavy (non-hydrogen) atoms. The lowest BCUT2D eigenvalue weighted by molar-refractivity contribution is 0.524. The number of unbranched alkanes of at least 4 members (excludes halogenated alkanes) is 17. The van der Waals surface area contributed by atoms with Crippen LogP contribution < -0.4 is 11.5 Å². The van der Waals surface area contributed by atoms with Crippen LogP contribution in [0.1, 0.15) is 187 Å². The third-order valence-corrected chi connectivity index (χ3v) is 11.5. The fourth-order valence-electron chi connectivity index (χ4n) is 8.21. The molecule has 0 aromatic heterocycles. The van der Waals surface area contributed by atoms with Gasteiger partial charge < -0.3 is 11.5 Å². The van der Waals surface area contributed by atoms with Crippen molar-refractivity contribution in [2.75, 3.05) is 11.5 Å². The van der Waals surface area contributed by atoms with Crippen LogP contribution in [0.5, 0.6) is 0 Å². The van der Waals surface area contributed by atoms with Crippen LogP contribution in [0.2, 0.25) is 0 Å². The van der Waals surface area contributed by atoms with Crippen molar-refractivity contribution in [2.45, 2.75) is 181 Å². The molecule has 2 heteroatoms. The molecule has 2 nitrogen and oxygen atoms in total. The summed E-state index contributed by atoms with van der Waals surface area (Å²) in [6.07, 6.45) is 34.4. The van der Waals surface area contributed by atoms with Gasteiger partial charge in [-0.2, -0.15) is 0 Å². The second kappa shape index (κ2) is 26.3. The normalized spacial score (nSPS) is 11.4. The van der Waals surface area contributed by atoms with Gasteiger partial charge in [0.1, 0.15) is 0 Å². The SMILES string of the molecule is CCCc1cc(N)ccc1Cc1ccc(CCCCCCCCCCCCCCCCCCCCc2ccc(Cc3ccc(N)cc3CCC)cc2)cc1. The predicted octanol–water partition coefficient (Wildman–Crippen LogP) is 14.7. The molecule has 0 amide bonds. The molecule has 0 aliphatic carbocycles.